The summed E-state index contributed by atoms with van der Waals surface area (Å²) in [5, 5.41) is 0. The number of ether oxygens (including phenoxy) is 2. The van der Waals surface area contributed by atoms with Crippen molar-refractivity contribution in [1.29, 1.82) is 0 Å². The highest BCUT2D eigenvalue weighted by atomic mass is 16.5. The van der Waals surface area contributed by atoms with Crippen molar-refractivity contribution in [3.63, 3.8) is 0 Å². The van der Waals surface area contributed by atoms with Crippen LogP contribution in [-0.4, -0.2) is 20.1 Å². The van der Waals surface area contributed by atoms with Gasteiger partial charge in [-0.3, -0.25) is 4.99 Å². The summed E-state index contributed by atoms with van der Waals surface area (Å²) in [6.45, 7) is 2.28. The number of nitrogens with two attached hydrogens (primary N) is 1. The van der Waals surface area contributed by atoms with Crippen LogP contribution in [-0.2, 0) is 6.54 Å². The van der Waals surface area contributed by atoms with Crippen molar-refractivity contribution in [1.82, 2.24) is 0 Å². The van der Waals surface area contributed by atoms with Gasteiger partial charge in [-0.1, -0.05) is 0 Å². The van der Waals surface area contributed by atoms with Gasteiger partial charge in [0.1, 0.15) is 11.5 Å². The normalized spacial score (nSPS) is 11.3. The number of benzene rings is 1. The van der Waals surface area contributed by atoms with Crippen LogP contribution in [0, 0.1) is 0 Å². The number of hydrogen-bond donors (Lipinski definition) is 1. The van der Waals surface area contributed by atoms with Crippen LogP contribution in [0.1, 0.15) is 12.5 Å². The lowest BCUT2D eigenvalue weighted by Crippen LogP contribution is -2.05. The van der Waals surface area contributed by atoms with Gasteiger partial charge in [-0.05, 0) is 19.1 Å². The first-order chi connectivity index (χ1) is 7.17. The minimum absolute atomic E-state index is 0.523. The molecule has 0 radical (unpaired) electrons. The standard InChI is InChI=1S/C11H16N2O2/c1-8(12)13-7-9-4-5-10(14-2)6-11(9)15-3/h4-6H,7H2,1-3H3,(H2,12,13). The Kier molecular flexibility index (Phi) is 3.97. The van der Waals surface area contributed by atoms with Crippen LogP contribution in [0.2, 0.25) is 0 Å². The van der Waals surface area contributed by atoms with Gasteiger partial charge in [-0.25, -0.2) is 0 Å². The fourth-order valence-corrected chi connectivity index (χ4v) is 1.19. The smallest absolute Gasteiger partial charge is 0.127 e. The Hall–Kier alpha value is -1.71. The van der Waals surface area contributed by atoms with E-state index in [1.807, 2.05) is 18.2 Å². The minimum atomic E-state index is 0.523. The molecular weight excluding hydrogens is 192 g/mol. The first-order valence-corrected chi connectivity index (χ1v) is 4.64. The quantitative estimate of drug-likeness (QED) is 0.603. The SMILES string of the molecule is COc1ccc(CN=C(C)N)c(OC)c1. The maximum Gasteiger partial charge on any atom is 0.127 e. The van der Waals surface area contributed by atoms with Crippen molar-refractivity contribution in [2.24, 2.45) is 10.7 Å². The second kappa shape index (κ2) is 5.24. The van der Waals surface area contributed by atoms with E-state index in [1.165, 1.54) is 0 Å². The lowest BCUT2D eigenvalue weighted by atomic mass is 10.2. The molecule has 4 heteroatoms. The van der Waals surface area contributed by atoms with E-state index in [0.717, 1.165) is 17.1 Å². The van der Waals surface area contributed by atoms with E-state index in [9.17, 15) is 0 Å². The Morgan fingerprint density at radius 3 is 2.60 bits per heavy atom. The highest BCUT2D eigenvalue weighted by Crippen LogP contribution is 2.24. The van der Waals surface area contributed by atoms with Gasteiger partial charge in [0, 0.05) is 11.6 Å². The van der Waals surface area contributed by atoms with Crippen LogP contribution in [0.3, 0.4) is 0 Å². The molecule has 0 fully saturated rings. The van der Waals surface area contributed by atoms with E-state index in [-0.39, 0.29) is 0 Å². The summed E-state index contributed by atoms with van der Waals surface area (Å²) < 4.78 is 10.3. The molecule has 0 atom stereocenters. The van der Waals surface area contributed by atoms with Gasteiger partial charge in [-0.2, -0.15) is 0 Å². The zero-order valence-corrected chi connectivity index (χ0v) is 9.28. The lowest BCUT2D eigenvalue weighted by molar-refractivity contribution is 0.391. The molecule has 1 rings (SSSR count). The lowest BCUT2D eigenvalue weighted by Gasteiger charge is -2.08. The Balaban J connectivity index is 2.92. The number of aliphatic imine (C=N–C) groups is 1. The zero-order valence-electron chi connectivity index (χ0n) is 9.28. The molecule has 0 aliphatic heterocycles. The van der Waals surface area contributed by atoms with Gasteiger partial charge in [0.05, 0.1) is 26.6 Å². The van der Waals surface area contributed by atoms with Gasteiger partial charge in [0.25, 0.3) is 0 Å². The number of hydrogen-bond acceptors (Lipinski definition) is 3. The molecule has 0 unspecified atom stereocenters. The van der Waals surface area contributed by atoms with Crippen LogP contribution in [0.4, 0.5) is 0 Å². The molecule has 0 saturated carbocycles. The molecule has 4 nitrogen and oxygen atoms in total. The fraction of sp³-hybridized carbons (Fsp3) is 0.364. The molecule has 1 aromatic rings. The summed E-state index contributed by atoms with van der Waals surface area (Å²) >= 11 is 0. The molecule has 0 bridgehead atoms. The number of nitrogens with zero attached hydrogens (tertiary/aromatic N) is 1. The fourth-order valence-electron chi connectivity index (χ4n) is 1.19. The van der Waals surface area contributed by atoms with Crippen LogP contribution in [0.15, 0.2) is 23.2 Å². The molecule has 0 saturated heterocycles. The summed E-state index contributed by atoms with van der Waals surface area (Å²) in [5.41, 5.74) is 6.46. The number of amidine groups is 1. The van der Waals surface area contributed by atoms with Gasteiger partial charge in [-0.15, -0.1) is 0 Å². The average molecular weight is 208 g/mol. The molecule has 82 valence electrons. The van der Waals surface area contributed by atoms with Crippen molar-refractivity contribution in [3.8, 4) is 11.5 Å². The maximum atomic E-state index is 5.47. The van der Waals surface area contributed by atoms with Gasteiger partial charge < -0.3 is 15.2 Å². The van der Waals surface area contributed by atoms with Crippen LogP contribution in [0.5, 0.6) is 11.5 Å². The maximum absolute atomic E-state index is 5.47. The first-order valence-electron chi connectivity index (χ1n) is 4.64. The van der Waals surface area contributed by atoms with E-state index in [4.69, 9.17) is 15.2 Å². The Bertz CT molecular complexity index is 358. The molecule has 1 aromatic carbocycles. The highest BCUT2D eigenvalue weighted by molar-refractivity contribution is 5.77. The van der Waals surface area contributed by atoms with Crippen LogP contribution < -0.4 is 15.2 Å². The average Bonchev–Trinajstić information content (AvgIpc) is 2.25. The molecule has 0 spiro atoms. The van der Waals surface area contributed by atoms with Crippen molar-refractivity contribution in [2.75, 3.05) is 14.2 Å². The van der Waals surface area contributed by atoms with Gasteiger partial charge >= 0.3 is 0 Å². The summed E-state index contributed by atoms with van der Waals surface area (Å²) in [7, 11) is 3.24. The van der Waals surface area contributed by atoms with Gasteiger partial charge in [0.2, 0.25) is 0 Å². The van der Waals surface area contributed by atoms with E-state index >= 15 is 0 Å². The largest absolute Gasteiger partial charge is 0.497 e. The summed E-state index contributed by atoms with van der Waals surface area (Å²) in [4.78, 5) is 4.13. The number of methoxy groups -OCH3 is 2. The zero-order chi connectivity index (χ0) is 11.3. The van der Waals surface area contributed by atoms with Crippen molar-refractivity contribution in [2.45, 2.75) is 13.5 Å². The minimum Gasteiger partial charge on any atom is -0.497 e. The second-order valence-corrected chi connectivity index (χ2v) is 3.14. The van der Waals surface area contributed by atoms with E-state index in [1.54, 1.807) is 21.1 Å². The Labute approximate surface area is 89.7 Å². The van der Waals surface area contributed by atoms with E-state index in [2.05, 4.69) is 4.99 Å². The predicted molar refractivity (Wildman–Crippen MR) is 60.5 cm³/mol. The van der Waals surface area contributed by atoms with Crippen molar-refractivity contribution >= 4 is 5.84 Å². The molecule has 0 aliphatic carbocycles. The predicted octanol–water partition coefficient (Wildman–Crippen LogP) is 1.58. The molecule has 0 aliphatic rings. The molecule has 0 aromatic heterocycles. The van der Waals surface area contributed by atoms with E-state index < -0.39 is 0 Å². The Morgan fingerprint density at radius 2 is 2.07 bits per heavy atom. The first kappa shape index (κ1) is 11.4. The molecule has 0 amide bonds. The Morgan fingerprint density at radius 1 is 1.33 bits per heavy atom. The summed E-state index contributed by atoms with van der Waals surface area (Å²) in [5.74, 6) is 2.09. The third-order valence-corrected chi connectivity index (χ3v) is 1.99. The van der Waals surface area contributed by atoms with Crippen LogP contribution >= 0.6 is 0 Å². The molecular formula is C11H16N2O2. The highest BCUT2D eigenvalue weighted by Gasteiger charge is 2.03. The third-order valence-electron chi connectivity index (χ3n) is 1.99. The summed E-state index contributed by atoms with van der Waals surface area (Å²) in [6, 6.07) is 5.63. The van der Waals surface area contributed by atoms with Crippen LogP contribution in [0.25, 0.3) is 0 Å². The topological polar surface area (TPSA) is 56.8 Å². The third kappa shape index (κ3) is 3.16. The molecule has 15 heavy (non-hydrogen) atoms. The second-order valence-electron chi connectivity index (χ2n) is 3.14. The summed E-state index contributed by atoms with van der Waals surface area (Å²) in [6.07, 6.45) is 0. The van der Waals surface area contributed by atoms with E-state index in [0.29, 0.717) is 12.4 Å². The monoisotopic (exact) mass is 208 g/mol. The van der Waals surface area contributed by atoms with Crippen molar-refractivity contribution < 1.29 is 9.47 Å². The van der Waals surface area contributed by atoms with Gasteiger partial charge in [0.15, 0.2) is 0 Å². The molecule has 2 N–H and O–H groups in total. The number of rotatable bonds is 4. The molecule has 0 heterocycles. The van der Waals surface area contributed by atoms with Crippen molar-refractivity contribution in [3.05, 3.63) is 23.8 Å².